The van der Waals surface area contributed by atoms with Crippen molar-refractivity contribution in [2.45, 2.75) is 9.59 Å². The van der Waals surface area contributed by atoms with E-state index in [2.05, 4.69) is 15.2 Å². The van der Waals surface area contributed by atoms with Gasteiger partial charge in [-0.05, 0) is 12.1 Å². The van der Waals surface area contributed by atoms with E-state index in [1.165, 1.54) is 11.3 Å². The Kier molecular flexibility index (Phi) is 3.65. The fourth-order valence-electron chi connectivity index (χ4n) is 1.13. The summed E-state index contributed by atoms with van der Waals surface area (Å²) in [5.74, 6) is 0. The summed E-state index contributed by atoms with van der Waals surface area (Å²) in [6.07, 6.45) is 1.78. The molecule has 0 aromatic carbocycles. The molecule has 78 valence electrons. The summed E-state index contributed by atoms with van der Waals surface area (Å²) < 4.78 is 0.927. The number of nitrogens with zero attached hydrogens (tertiary/aromatic N) is 3. The highest BCUT2D eigenvalue weighted by atomic mass is 32.2. The van der Waals surface area contributed by atoms with Crippen molar-refractivity contribution in [2.75, 3.05) is 6.54 Å². The van der Waals surface area contributed by atoms with Gasteiger partial charge < -0.3 is 5.73 Å². The van der Waals surface area contributed by atoms with Crippen LogP contribution in [0.5, 0.6) is 0 Å². The summed E-state index contributed by atoms with van der Waals surface area (Å²) in [6.45, 7) is 0.543. The molecule has 0 spiro atoms. The van der Waals surface area contributed by atoms with E-state index in [4.69, 9.17) is 5.73 Å². The summed E-state index contributed by atoms with van der Waals surface area (Å²) in [5.41, 5.74) is 8.42. The molecule has 0 bridgehead atoms. The van der Waals surface area contributed by atoms with E-state index >= 15 is 0 Å². The third-order valence-corrected chi connectivity index (χ3v) is 3.88. The number of nitrogens with two attached hydrogens (primary N) is 1. The second kappa shape index (κ2) is 5.20. The molecule has 2 N–H and O–H groups in total. The van der Waals surface area contributed by atoms with Crippen LogP contribution in [0, 0.1) is 0 Å². The minimum absolute atomic E-state index is 0.152. The van der Waals surface area contributed by atoms with E-state index in [0.29, 0.717) is 6.54 Å². The first-order chi connectivity index (χ1) is 7.40. The molecule has 4 nitrogen and oxygen atoms in total. The van der Waals surface area contributed by atoms with Crippen LogP contribution in [-0.2, 0) is 0 Å². The van der Waals surface area contributed by atoms with Crippen molar-refractivity contribution in [3.63, 3.8) is 0 Å². The van der Waals surface area contributed by atoms with Gasteiger partial charge in [-0.1, -0.05) is 29.2 Å². The zero-order chi connectivity index (χ0) is 10.5. The van der Waals surface area contributed by atoms with Gasteiger partial charge in [-0.15, -0.1) is 10.2 Å². The summed E-state index contributed by atoms with van der Waals surface area (Å²) in [7, 11) is 0. The smallest absolute Gasteiger partial charge is 0.174 e. The summed E-state index contributed by atoms with van der Waals surface area (Å²) >= 11 is 3.12. The lowest BCUT2D eigenvalue weighted by atomic mass is 10.3. The molecule has 0 saturated heterocycles. The Morgan fingerprint density at radius 1 is 1.47 bits per heavy atom. The standard InChI is InChI=1S/C9H10N4S2/c10-5-8(7-3-1-2-4-11-7)15-9-13-12-6-14-9/h1-4,6,8H,5,10H2. The number of aromatic nitrogens is 3. The predicted octanol–water partition coefficient (Wildman–Crippen LogP) is 1.73. The van der Waals surface area contributed by atoms with Crippen molar-refractivity contribution in [2.24, 2.45) is 5.73 Å². The number of hydrogen-bond acceptors (Lipinski definition) is 6. The van der Waals surface area contributed by atoms with Gasteiger partial charge in [0, 0.05) is 12.7 Å². The van der Waals surface area contributed by atoms with Gasteiger partial charge in [0.1, 0.15) is 5.51 Å². The highest BCUT2D eigenvalue weighted by molar-refractivity contribution is 8.01. The Labute approximate surface area is 95.9 Å². The monoisotopic (exact) mass is 238 g/mol. The molecule has 0 radical (unpaired) electrons. The van der Waals surface area contributed by atoms with Crippen LogP contribution in [0.25, 0.3) is 0 Å². The van der Waals surface area contributed by atoms with Crippen molar-refractivity contribution in [3.8, 4) is 0 Å². The molecule has 0 fully saturated rings. The van der Waals surface area contributed by atoms with Crippen LogP contribution in [0.4, 0.5) is 0 Å². The third kappa shape index (κ3) is 2.74. The summed E-state index contributed by atoms with van der Waals surface area (Å²) in [5, 5.41) is 7.92. The Bertz CT molecular complexity index is 390. The molecule has 15 heavy (non-hydrogen) atoms. The quantitative estimate of drug-likeness (QED) is 0.822. The summed E-state index contributed by atoms with van der Waals surface area (Å²) in [4.78, 5) is 4.29. The van der Waals surface area contributed by atoms with Gasteiger partial charge in [-0.25, -0.2) is 0 Å². The molecule has 1 atom stereocenters. The highest BCUT2D eigenvalue weighted by Gasteiger charge is 2.13. The minimum atomic E-state index is 0.152. The number of thioether (sulfide) groups is 1. The highest BCUT2D eigenvalue weighted by Crippen LogP contribution is 2.33. The van der Waals surface area contributed by atoms with E-state index in [1.807, 2.05) is 18.2 Å². The first kappa shape index (κ1) is 10.5. The summed E-state index contributed by atoms with van der Waals surface area (Å²) in [6, 6.07) is 5.84. The van der Waals surface area contributed by atoms with Crippen LogP contribution in [0.2, 0.25) is 0 Å². The molecule has 2 aromatic heterocycles. The molecule has 1 unspecified atom stereocenters. The average Bonchev–Trinajstić information content (AvgIpc) is 2.80. The molecule has 2 rings (SSSR count). The average molecular weight is 238 g/mol. The van der Waals surface area contributed by atoms with Crippen molar-refractivity contribution in [3.05, 3.63) is 35.6 Å². The van der Waals surface area contributed by atoms with Gasteiger partial charge in [0.05, 0.1) is 10.9 Å². The predicted molar refractivity (Wildman–Crippen MR) is 61.8 cm³/mol. The van der Waals surface area contributed by atoms with Gasteiger partial charge in [-0.2, -0.15) is 0 Å². The fraction of sp³-hybridized carbons (Fsp3) is 0.222. The SMILES string of the molecule is NCC(Sc1nncs1)c1ccccn1. The molecule has 2 aromatic rings. The van der Waals surface area contributed by atoms with Gasteiger partial charge in [0.25, 0.3) is 0 Å². The lowest BCUT2D eigenvalue weighted by Gasteiger charge is -2.10. The van der Waals surface area contributed by atoms with Crippen LogP contribution in [0.1, 0.15) is 10.9 Å². The van der Waals surface area contributed by atoms with Crippen molar-refractivity contribution in [1.82, 2.24) is 15.2 Å². The van der Waals surface area contributed by atoms with E-state index in [9.17, 15) is 0 Å². The molecule has 0 amide bonds. The Morgan fingerprint density at radius 2 is 2.40 bits per heavy atom. The second-order valence-corrected chi connectivity index (χ2v) is 5.08. The zero-order valence-corrected chi connectivity index (χ0v) is 9.54. The van der Waals surface area contributed by atoms with Gasteiger partial charge in [-0.3, -0.25) is 4.98 Å². The Morgan fingerprint density at radius 3 is 3.00 bits per heavy atom. The number of pyridine rings is 1. The first-order valence-electron chi connectivity index (χ1n) is 4.44. The molecule has 0 aliphatic rings. The lowest BCUT2D eigenvalue weighted by Crippen LogP contribution is -2.10. The Balaban J connectivity index is 2.12. The largest absolute Gasteiger partial charge is 0.329 e. The second-order valence-electron chi connectivity index (χ2n) is 2.80. The molecular formula is C9H10N4S2. The van der Waals surface area contributed by atoms with Crippen LogP contribution in [0.3, 0.4) is 0 Å². The fourth-order valence-corrected chi connectivity index (χ4v) is 2.80. The van der Waals surface area contributed by atoms with E-state index in [0.717, 1.165) is 10.0 Å². The molecule has 6 heteroatoms. The molecule has 0 saturated carbocycles. The van der Waals surface area contributed by atoms with Crippen LogP contribution >= 0.6 is 23.1 Å². The normalized spacial score (nSPS) is 12.6. The third-order valence-electron chi connectivity index (χ3n) is 1.81. The maximum Gasteiger partial charge on any atom is 0.174 e. The van der Waals surface area contributed by atoms with Gasteiger partial charge >= 0.3 is 0 Å². The molecular weight excluding hydrogens is 228 g/mol. The number of hydrogen-bond donors (Lipinski definition) is 1. The Hall–Kier alpha value is -0.980. The topological polar surface area (TPSA) is 64.7 Å². The molecule has 0 aliphatic heterocycles. The maximum absolute atomic E-state index is 5.72. The van der Waals surface area contributed by atoms with Crippen molar-refractivity contribution >= 4 is 23.1 Å². The van der Waals surface area contributed by atoms with Gasteiger partial charge in [0.2, 0.25) is 0 Å². The van der Waals surface area contributed by atoms with Crippen LogP contribution < -0.4 is 5.73 Å². The van der Waals surface area contributed by atoms with E-state index in [-0.39, 0.29) is 5.25 Å². The van der Waals surface area contributed by atoms with Crippen molar-refractivity contribution in [1.29, 1.82) is 0 Å². The van der Waals surface area contributed by atoms with E-state index < -0.39 is 0 Å². The van der Waals surface area contributed by atoms with Crippen molar-refractivity contribution < 1.29 is 0 Å². The first-order valence-corrected chi connectivity index (χ1v) is 6.20. The molecule has 0 aliphatic carbocycles. The minimum Gasteiger partial charge on any atom is -0.329 e. The van der Waals surface area contributed by atoms with Crippen LogP contribution in [-0.4, -0.2) is 21.7 Å². The maximum atomic E-state index is 5.72. The number of rotatable bonds is 4. The van der Waals surface area contributed by atoms with Crippen LogP contribution in [0.15, 0.2) is 34.2 Å². The van der Waals surface area contributed by atoms with Gasteiger partial charge in [0.15, 0.2) is 4.34 Å². The zero-order valence-electron chi connectivity index (χ0n) is 7.91. The molecule has 2 heterocycles. The van der Waals surface area contributed by atoms with E-state index in [1.54, 1.807) is 23.5 Å². The lowest BCUT2D eigenvalue weighted by molar-refractivity contribution is 0.893.